The highest BCUT2D eigenvalue weighted by molar-refractivity contribution is 5.83. The summed E-state index contributed by atoms with van der Waals surface area (Å²) in [6.07, 6.45) is 2.52. The number of carbonyl (C=O) groups excluding carboxylic acids is 1. The molecule has 4 rings (SSSR count). The Balaban J connectivity index is 1.61. The number of benzene rings is 2. The van der Waals surface area contributed by atoms with Crippen LogP contribution in [0.5, 0.6) is 11.5 Å². The molecule has 0 aliphatic carbocycles. The highest BCUT2D eigenvalue weighted by atomic mass is 16.5. The summed E-state index contributed by atoms with van der Waals surface area (Å²) in [7, 11) is 1.65. The number of hydrogen-bond donors (Lipinski definition) is 1. The van der Waals surface area contributed by atoms with Gasteiger partial charge in [0.25, 0.3) is 0 Å². The molecule has 5 heteroatoms. The van der Waals surface area contributed by atoms with Crippen LogP contribution in [0.15, 0.2) is 48.5 Å². The van der Waals surface area contributed by atoms with Gasteiger partial charge in [-0.15, -0.1) is 0 Å². The number of carbonyl (C=O) groups is 1. The van der Waals surface area contributed by atoms with Crippen LogP contribution in [0.4, 0.5) is 0 Å². The molecule has 0 bridgehead atoms. The van der Waals surface area contributed by atoms with Crippen molar-refractivity contribution in [1.29, 1.82) is 0 Å². The summed E-state index contributed by atoms with van der Waals surface area (Å²) >= 11 is 0. The molecule has 0 atom stereocenters. The van der Waals surface area contributed by atoms with E-state index in [1.165, 1.54) is 5.56 Å². The zero-order valence-electron chi connectivity index (χ0n) is 16.4. The van der Waals surface area contributed by atoms with Gasteiger partial charge in [0, 0.05) is 12.1 Å². The van der Waals surface area contributed by atoms with Crippen LogP contribution in [-0.4, -0.2) is 44.2 Å². The Kier molecular flexibility index (Phi) is 5.53. The molecular weight excluding hydrogens is 352 g/mol. The Morgan fingerprint density at radius 2 is 1.93 bits per heavy atom. The van der Waals surface area contributed by atoms with Crippen molar-refractivity contribution in [2.45, 2.75) is 25.8 Å². The van der Waals surface area contributed by atoms with Gasteiger partial charge >= 0.3 is 0 Å². The quantitative estimate of drug-likeness (QED) is 0.886. The SMILES string of the molecule is COc1cccc2c1OCCN(C(=O)C1(Cc3ccccc3)CCNCC1)C2. The Hall–Kier alpha value is -2.53. The summed E-state index contributed by atoms with van der Waals surface area (Å²) < 4.78 is 11.4. The van der Waals surface area contributed by atoms with E-state index in [1.54, 1.807) is 7.11 Å². The van der Waals surface area contributed by atoms with Crippen LogP contribution in [0.1, 0.15) is 24.0 Å². The first-order chi connectivity index (χ1) is 13.7. The summed E-state index contributed by atoms with van der Waals surface area (Å²) in [5.74, 6) is 1.74. The maximum Gasteiger partial charge on any atom is 0.229 e. The number of hydrogen-bond acceptors (Lipinski definition) is 4. The summed E-state index contributed by atoms with van der Waals surface area (Å²) in [5.41, 5.74) is 1.88. The van der Waals surface area contributed by atoms with Crippen molar-refractivity contribution in [3.8, 4) is 11.5 Å². The third kappa shape index (κ3) is 3.72. The molecule has 0 unspecified atom stereocenters. The van der Waals surface area contributed by atoms with Crippen LogP contribution in [-0.2, 0) is 17.8 Å². The molecule has 1 fully saturated rings. The fraction of sp³-hybridized carbons (Fsp3) is 0.435. The first-order valence-corrected chi connectivity index (χ1v) is 10.0. The topological polar surface area (TPSA) is 50.8 Å². The summed E-state index contributed by atoms with van der Waals surface area (Å²) in [5, 5.41) is 3.41. The molecule has 0 spiro atoms. The molecule has 0 aromatic heterocycles. The van der Waals surface area contributed by atoms with Crippen LogP contribution in [0.25, 0.3) is 0 Å². The Morgan fingerprint density at radius 1 is 1.14 bits per heavy atom. The van der Waals surface area contributed by atoms with E-state index in [-0.39, 0.29) is 11.3 Å². The number of methoxy groups -OCH3 is 1. The fourth-order valence-electron chi connectivity index (χ4n) is 4.42. The third-order valence-corrected chi connectivity index (χ3v) is 5.94. The Labute approximate surface area is 166 Å². The molecule has 1 amide bonds. The zero-order valence-corrected chi connectivity index (χ0v) is 16.4. The van der Waals surface area contributed by atoms with Gasteiger partial charge in [0.2, 0.25) is 5.91 Å². The highest BCUT2D eigenvalue weighted by Crippen LogP contribution is 2.38. The molecule has 2 heterocycles. The molecule has 28 heavy (non-hydrogen) atoms. The second-order valence-electron chi connectivity index (χ2n) is 7.72. The van der Waals surface area contributed by atoms with Crippen molar-refractivity contribution < 1.29 is 14.3 Å². The van der Waals surface area contributed by atoms with Gasteiger partial charge in [0.1, 0.15) is 6.61 Å². The predicted octanol–water partition coefficient (Wildman–Crippen LogP) is 3.03. The number of ether oxygens (including phenoxy) is 2. The minimum Gasteiger partial charge on any atom is -0.493 e. The smallest absolute Gasteiger partial charge is 0.229 e. The largest absolute Gasteiger partial charge is 0.493 e. The molecule has 148 valence electrons. The van der Waals surface area contributed by atoms with E-state index in [2.05, 4.69) is 29.6 Å². The predicted molar refractivity (Wildman–Crippen MR) is 109 cm³/mol. The van der Waals surface area contributed by atoms with E-state index >= 15 is 0 Å². The van der Waals surface area contributed by atoms with Crippen molar-refractivity contribution in [1.82, 2.24) is 10.2 Å². The van der Waals surface area contributed by atoms with Crippen LogP contribution in [0, 0.1) is 5.41 Å². The van der Waals surface area contributed by atoms with Crippen LogP contribution in [0.2, 0.25) is 0 Å². The fourth-order valence-corrected chi connectivity index (χ4v) is 4.42. The monoisotopic (exact) mass is 380 g/mol. The lowest BCUT2D eigenvalue weighted by atomic mass is 9.73. The first-order valence-electron chi connectivity index (χ1n) is 10.0. The van der Waals surface area contributed by atoms with Crippen molar-refractivity contribution in [3.05, 3.63) is 59.7 Å². The van der Waals surface area contributed by atoms with Crippen molar-refractivity contribution in [2.24, 2.45) is 5.41 Å². The lowest BCUT2D eigenvalue weighted by Crippen LogP contribution is -2.50. The second kappa shape index (κ2) is 8.23. The number of fused-ring (bicyclic) bond motifs is 1. The lowest BCUT2D eigenvalue weighted by molar-refractivity contribution is -0.144. The second-order valence-corrected chi connectivity index (χ2v) is 7.72. The van der Waals surface area contributed by atoms with E-state index in [0.29, 0.717) is 19.7 Å². The van der Waals surface area contributed by atoms with Gasteiger partial charge in [-0.05, 0) is 44.0 Å². The van der Waals surface area contributed by atoms with E-state index < -0.39 is 0 Å². The van der Waals surface area contributed by atoms with E-state index in [0.717, 1.165) is 49.4 Å². The van der Waals surface area contributed by atoms with Crippen LogP contribution < -0.4 is 14.8 Å². The molecule has 2 aliphatic rings. The molecule has 1 N–H and O–H groups in total. The number of rotatable bonds is 4. The third-order valence-electron chi connectivity index (χ3n) is 5.94. The lowest BCUT2D eigenvalue weighted by Gasteiger charge is -2.40. The van der Waals surface area contributed by atoms with E-state index in [9.17, 15) is 4.79 Å². The minimum absolute atomic E-state index is 0.247. The van der Waals surface area contributed by atoms with E-state index in [4.69, 9.17) is 9.47 Å². The van der Waals surface area contributed by atoms with Gasteiger partial charge in [-0.1, -0.05) is 42.5 Å². The Morgan fingerprint density at radius 3 is 2.68 bits per heavy atom. The van der Waals surface area contributed by atoms with Gasteiger partial charge in [-0.2, -0.15) is 0 Å². The van der Waals surface area contributed by atoms with Gasteiger partial charge in [-0.3, -0.25) is 4.79 Å². The first kappa shape index (κ1) is 18.8. The number of amides is 1. The standard InChI is InChI=1S/C23H28N2O3/c1-27-20-9-5-8-19-17-25(14-15-28-21(19)20)22(26)23(10-12-24-13-11-23)16-18-6-3-2-4-7-18/h2-9,24H,10-17H2,1H3. The number of nitrogens with one attached hydrogen (secondary N) is 1. The average molecular weight is 380 g/mol. The summed E-state index contributed by atoms with van der Waals surface area (Å²) in [6.45, 7) is 3.41. The molecule has 2 aromatic rings. The molecule has 5 nitrogen and oxygen atoms in total. The number of para-hydroxylation sites is 1. The highest BCUT2D eigenvalue weighted by Gasteiger charge is 2.42. The number of piperidine rings is 1. The summed E-state index contributed by atoms with van der Waals surface area (Å²) in [4.78, 5) is 15.8. The van der Waals surface area contributed by atoms with Crippen molar-refractivity contribution in [3.63, 3.8) is 0 Å². The van der Waals surface area contributed by atoms with Gasteiger partial charge in [0.15, 0.2) is 11.5 Å². The maximum atomic E-state index is 13.8. The van der Waals surface area contributed by atoms with Crippen LogP contribution in [0.3, 0.4) is 0 Å². The molecule has 0 radical (unpaired) electrons. The van der Waals surface area contributed by atoms with Crippen molar-refractivity contribution in [2.75, 3.05) is 33.4 Å². The molecule has 1 saturated heterocycles. The average Bonchev–Trinajstić information content (AvgIpc) is 2.97. The summed E-state index contributed by atoms with van der Waals surface area (Å²) in [6, 6.07) is 16.3. The van der Waals surface area contributed by atoms with Gasteiger partial charge in [-0.25, -0.2) is 0 Å². The van der Waals surface area contributed by atoms with E-state index in [1.807, 2.05) is 29.2 Å². The van der Waals surface area contributed by atoms with Gasteiger partial charge in [0.05, 0.1) is 19.1 Å². The minimum atomic E-state index is -0.351. The zero-order chi connectivity index (χ0) is 19.4. The molecule has 2 aromatic carbocycles. The molecular formula is C23H28N2O3. The molecule has 0 saturated carbocycles. The van der Waals surface area contributed by atoms with Gasteiger partial charge < -0.3 is 19.7 Å². The molecule has 2 aliphatic heterocycles. The van der Waals surface area contributed by atoms with Crippen LogP contribution >= 0.6 is 0 Å². The normalized spacial score (nSPS) is 18.5. The van der Waals surface area contributed by atoms with Crippen molar-refractivity contribution >= 4 is 5.91 Å². The Bertz CT molecular complexity index is 816. The maximum absolute atomic E-state index is 13.8. The number of nitrogens with zero attached hydrogens (tertiary/aromatic N) is 1.